The third kappa shape index (κ3) is 2.61. The Kier molecular flexibility index (Phi) is 3.93. The third-order valence-corrected chi connectivity index (χ3v) is 4.23. The standard InChI is InChI=1S/C20H17N3O3/c1-24-14-8-6-12(7-9-14)16-17-19(21)22-11-23-20(17)26-18(16)13-4-3-5-15(10-13)25-2/h3-11H,1-2H3,(H2,21,22,23). The van der Waals surface area contributed by atoms with Gasteiger partial charge in [0.25, 0.3) is 0 Å². The largest absolute Gasteiger partial charge is 0.497 e. The molecule has 4 aromatic rings. The molecule has 0 unspecified atom stereocenters. The minimum Gasteiger partial charge on any atom is -0.497 e. The van der Waals surface area contributed by atoms with Crippen LogP contribution < -0.4 is 15.2 Å². The van der Waals surface area contributed by atoms with Gasteiger partial charge in [0.2, 0.25) is 5.71 Å². The van der Waals surface area contributed by atoms with E-state index in [1.165, 1.54) is 6.33 Å². The van der Waals surface area contributed by atoms with E-state index in [2.05, 4.69) is 9.97 Å². The molecule has 0 fully saturated rings. The minimum absolute atomic E-state index is 0.374. The molecule has 0 radical (unpaired) electrons. The highest BCUT2D eigenvalue weighted by atomic mass is 16.5. The molecule has 2 heterocycles. The summed E-state index contributed by atoms with van der Waals surface area (Å²) in [4.78, 5) is 8.36. The molecule has 2 aromatic carbocycles. The number of rotatable bonds is 4. The Bertz CT molecular complexity index is 1070. The first-order valence-electron chi connectivity index (χ1n) is 8.03. The zero-order valence-corrected chi connectivity index (χ0v) is 14.4. The Hall–Kier alpha value is -3.54. The van der Waals surface area contributed by atoms with Gasteiger partial charge in [-0.15, -0.1) is 0 Å². The molecule has 26 heavy (non-hydrogen) atoms. The molecule has 6 heteroatoms. The molecule has 2 aromatic heterocycles. The molecule has 2 N–H and O–H groups in total. The zero-order chi connectivity index (χ0) is 18.1. The van der Waals surface area contributed by atoms with Crippen molar-refractivity contribution in [2.45, 2.75) is 0 Å². The lowest BCUT2D eigenvalue weighted by Crippen LogP contribution is -1.92. The SMILES string of the molecule is COc1ccc(-c2c(-c3cccc(OC)c3)oc3ncnc(N)c23)cc1. The van der Waals surface area contributed by atoms with Crippen molar-refractivity contribution in [2.24, 2.45) is 0 Å². The number of benzene rings is 2. The van der Waals surface area contributed by atoms with Crippen molar-refractivity contribution >= 4 is 16.9 Å². The van der Waals surface area contributed by atoms with Crippen LogP contribution in [0.15, 0.2) is 59.3 Å². The zero-order valence-electron chi connectivity index (χ0n) is 14.4. The molecule has 4 rings (SSSR count). The number of hydrogen-bond donors (Lipinski definition) is 1. The van der Waals surface area contributed by atoms with Crippen LogP contribution in [0, 0.1) is 0 Å². The van der Waals surface area contributed by atoms with Gasteiger partial charge in [0.05, 0.1) is 19.6 Å². The van der Waals surface area contributed by atoms with E-state index in [0.717, 1.165) is 28.2 Å². The van der Waals surface area contributed by atoms with Crippen LogP contribution in [0.2, 0.25) is 0 Å². The van der Waals surface area contributed by atoms with E-state index in [4.69, 9.17) is 19.6 Å². The van der Waals surface area contributed by atoms with Gasteiger partial charge in [-0.05, 0) is 29.8 Å². The first-order valence-corrected chi connectivity index (χ1v) is 8.03. The Morgan fingerprint density at radius 1 is 0.885 bits per heavy atom. The molecular weight excluding hydrogens is 330 g/mol. The molecule has 0 amide bonds. The van der Waals surface area contributed by atoms with Gasteiger partial charge in [-0.3, -0.25) is 0 Å². The maximum absolute atomic E-state index is 6.14. The number of methoxy groups -OCH3 is 2. The number of ether oxygens (including phenoxy) is 2. The van der Waals surface area contributed by atoms with E-state index in [1.807, 2.05) is 48.5 Å². The predicted octanol–water partition coefficient (Wildman–Crippen LogP) is 4.16. The molecule has 0 saturated carbocycles. The van der Waals surface area contributed by atoms with Crippen molar-refractivity contribution in [3.63, 3.8) is 0 Å². The van der Waals surface area contributed by atoms with Crippen LogP contribution >= 0.6 is 0 Å². The van der Waals surface area contributed by atoms with Gasteiger partial charge < -0.3 is 19.6 Å². The van der Waals surface area contributed by atoms with Crippen LogP contribution in [0.5, 0.6) is 11.5 Å². The molecule has 6 nitrogen and oxygen atoms in total. The van der Waals surface area contributed by atoms with Gasteiger partial charge >= 0.3 is 0 Å². The van der Waals surface area contributed by atoms with E-state index in [-0.39, 0.29) is 0 Å². The summed E-state index contributed by atoms with van der Waals surface area (Å²) in [7, 11) is 3.27. The Morgan fingerprint density at radius 3 is 2.38 bits per heavy atom. The van der Waals surface area contributed by atoms with Gasteiger partial charge in [-0.1, -0.05) is 24.3 Å². The van der Waals surface area contributed by atoms with Gasteiger partial charge in [0.1, 0.15) is 29.4 Å². The first kappa shape index (κ1) is 16.0. The van der Waals surface area contributed by atoms with Crippen molar-refractivity contribution in [1.29, 1.82) is 0 Å². The van der Waals surface area contributed by atoms with E-state index in [1.54, 1.807) is 14.2 Å². The Labute approximate surface area is 150 Å². The van der Waals surface area contributed by atoms with Crippen molar-refractivity contribution in [1.82, 2.24) is 9.97 Å². The highest BCUT2D eigenvalue weighted by Crippen LogP contribution is 2.42. The second kappa shape index (κ2) is 6.40. The maximum Gasteiger partial charge on any atom is 0.232 e. The second-order valence-electron chi connectivity index (χ2n) is 5.71. The van der Waals surface area contributed by atoms with Crippen LogP contribution in [0.1, 0.15) is 0 Å². The number of nitrogen functional groups attached to an aromatic ring is 1. The topological polar surface area (TPSA) is 83.4 Å². The summed E-state index contributed by atoms with van der Waals surface area (Å²) in [6, 6.07) is 15.4. The minimum atomic E-state index is 0.374. The lowest BCUT2D eigenvalue weighted by Gasteiger charge is -2.07. The van der Waals surface area contributed by atoms with Crippen LogP contribution in [-0.4, -0.2) is 24.2 Å². The van der Waals surface area contributed by atoms with Crippen LogP contribution in [0.25, 0.3) is 33.6 Å². The highest BCUT2D eigenvalue weighted by Gasteiger charge is 2.21. The normalized spacial score (nSPS) is 10.8. The molecule has 0 aliphatic rings. The quantitative estimate of drug-likeness (QED) is 0.597. The van der Waals surface area contributed by atoms with Crippen LogP contribution in [-0.2, 0) is 0 Å². The third-order valence-electron chi connectivity index (χ3n) is 4.23. The predicted molar refractivity (Wildman–Crippen MR) is 100 cm³/mol. The van der Waals surface area contributed by atoms with E-state index in [0.29, 0.717) is 22.7 Å². The van der Waals surface area contributed by atoms with Gasteiger partial charge in [0, 0.05) is 11.1 Å². The second-order valence-corrected chi connectivity index (χ2v) is 5.71. The number of nitrogens with two attached hydrogens (primary N) is 1. The van der Waals surface area contributed by atoms with E-state index in [9.17, 15) is 0 Å². The lowest BCUT2D eigenvalue weighted by molar-refractivity contribution is 0.415. The molecular formula is C20H17N3O3. The van der Waals surface area contributed by atoms with Crippen molar-refractivity contribution in [3.05, 3.63) is 54.9 Å². The summed E-state index contributed by atoms with van der Waals surface area (Å²) in [6.45, 7) is 0. The fourth-order valence-corrected chi connectivity index (χ4v) is 2.96. The summed E-state index contributed by atoms with van der Waals surface area (Å²) in [5, 5.41) is 0.690. The Balaban J connectivity index is 2.01. The number of nitrogens with zero attached hydrogens (tertiary/aromatic N) is 2. The molecule has 0 aliphatic heterocycles. The molecule has 0 saturated heterocycles. The van der Waals surface area contributed by atoms with Gasteiger partial charge in [-0.25, -0.2) is 9.97 Å². The number of aromatic nitrogens is 2. The fourth-order valence-electron chi connectivity index (χ4n) is 2.96. The van der Waals surface area contributed by atoms with E-state index < -0.39 is 0 Å². The molecule has 0 atom stereocenters. The van der Waals surface area contributed by atoms with Gasteiger partial charge in [-0.2, -0.15) is 0 Å². The smallest absolute Gasteiger partial charge is 0.232 e. The molecule has 0 bridgehead atoms. The molecule has 130 valence electrons. The monoisotopic (exact) mass is 347 g/mol. The summed E-state index contributed by atoms with van der Waals surface area (Å²) in [5.74, 6) is 2.55. The lowest BCUT2D eigenvalue weighted by atomic mass is 9.99. The average Bonchev–Trinajstić information content (AvgIpc) is 3.09. The van der Waals surface area contributed by atoms with Crippen LogP contribution in [0.4, 0.5) is 5.82 Å². The number of fused-ring (bicyclic) bond motifs is 1. The van der Waals surface area contributed by atoms with Crippen molar-refractivity contribution in [2.75, 3.05) is 20.0 Å². The summed E-state index contributed by atoms with van der Waals surface area (Å²) < 4.78 is 16.7. The molecule has 0 aliphatic carbocycles. The van der Waals surface area contributed by atoms with E-state index >= 15 is 0 Å². The first-order chi connectivity index (χ1) is 12.7. The average molecular weight is 347 g/mol. The van der Waals surface area contributed by atoms with Crippen molar-refractivity contribution in [3.8, 4) is 33.9 Å². The van der Waals surface area contributed by atoms with Crippen LogP contribution in [0.3, 0.4) is 0 Å². The number of furan rings is 1. The maximum atomic E-state index is 6.14. The summed E-state index contributed by atoms with van der Waals surface area (Å²) in [6.07, 6.45) is 1.40. The highest BCUT2D eigenvalue weighted by molar-refractivity contribution is 6.05. The number of anilines is 1. The fraction of sp³-hybridized carbons (Fsp3) is 0.100. The number of hydrogen-bond acceptors (Lipinski definition) is 6. The summed E-state index contributed by atoms with van der Waals surface area (Å²) >= 11 is 0. The summed E-state index contributed by atoms with van der Waals surface area (Å²) in [5.41, 5.74) is 9.23. The molecule has 0 spiro atoms. The van der Waals surface area contributed by atoms with Gasteiger partial charge in [0.15, 0.2) is 0 Å². The van der Waals surface area contributed by atoms with Crippen molar-refractivity contribution < 1.29 is 13.9 Å². The Morgan fingerprint density at radius 2 is 1.65 bits per heavy atom.